The minimum absolute atomic E-state index is 0.450. The average Bonchev–Trinajstić information content (AvgIpc) is 3.02. The monoisotopic (exact) mass is 233 g/mol. The fourth-order valence-corrected chi connectivity index (χ4v) is 1.98. The lowest BCUT2D eigenvalue weighted by Crippen LogP contribution is -2.04. The van der Waals surface area contributed by atoms with Crippen LogP contribution in [-0.2, 0) is 0 Å². The maximum Gasteiger partial charge on any atom is 0.417 e. The summed E-state index contributed by atoms with van der Waals surface area (Å²) in [5, 5.41) is 3.30. The number of benzene rings is 1. The maximum absolute atomic E-state index is 11.0. The van der Waals surface area contributed by atoms with Crippen LogP contribution in [0.25, 0.3) is 11.1 Å². The lowest BCUT2D eigenvalue weighted by atomic mass is 10.2. The van der Waals surface area contributed by atoms with Crippen molar-refractivity contribution in [1.29, 1.82) is 0 Å². The molecule has 1 aromatic heterocycles. The fourth-order valence-electron chi connectivity index (χ4n) is 1.98. The number of oxazole rings is 1. The molecule has 1 heterocycles. The molecule has 0 amide bonds. The van der Waals surface area contributed by atoms with E-state index in [9.17, 15) is 4.79 Å². The highest BCUT2D eigenvalue weighted by Gasteiger charge is 2.20. The second-order valence-corrected chi connectivity index (χ2v) is 4.61. The number of nitrogens with one attached hydrogen (secondary N) is 2. The average molecular weight is 233 g/mol. The first-order valence-electron chi connectivity index (χ1n) is 5.88. The SMILES string of the molecule is Nc1cc2oc(=O)[nH]c2cc1NCCC1CC1. The van der Waals surface area contributed by atoms with Crippen molar-refractivity contribution < 1.29 is 4.42 Å². The van der Waals surface area contributed by atoms with Gasteiger partial charge in [-0.3, -0.25) is 4.98 Å². The van der Waals surface area contributed by atoms with Gasteiger partial charge in [0.15, 0.2) is 5.58 Å². The van der Waals surface area contributed by atoms with Gasteiger partial charge in [-0.1, -0.05) is 12.8 Å². The Morgan fingerprint density at radius 3 is 3.06 bits per heavy atom. The Labute approximate surface area is 98.0 Å². The van der Waals surface area contributed by atoms with Crippen molar-refractivity contribution in [1.82, 2.24) is 4.98 Å². The van der Waals surface area contributed by atoms with E-state index < -0.39 is 5.76 Å². The minimum Gasteiger partial charge on any atom is -0.408 e. The second-order valence-electron chi connectivity index (χ2n) is 4.61. The Hall–Kier alpha value is -1.91. The molecule has 90 valence electrons. The summed E-state index contributed by atoms with van der Waals surface area (Å²) in [6.07, 6.45) is 3.88. The van der Waals surface area contributed by atoms with Gasteiger partial charge in [-0.25, -0.2) is 4.79 Å². The Morgan fingerprint density at radius 1 is 1.47 bits per heavy atom. The van der Waals surface area contributed by atoms with Gasteiger partial charge in [0, 0.05) is 12.6 Å². The van der Waals surface area contributed by atoms with Crippen molar-refractivity contribution in [2.75, 3.05) is 17.6 Å². The summed E-state index contributed by atoms with van der Waals surface area (Å²) in [7, 11) is 0. The predicted molar refractivity (Wildman–Crippen MR) is 67.1 cm³/mol. The van der Waals surface area contributed by atoms with E-state index in [1.54, 1.807) is 6.07 Å². The lowest BCUT2D eigenvalue weighted by molar-refractivity contribution is 0.555. The Bertz CT molecular complexity index is 595. The summed E-state index contributed by atoms with van der Waals surface area (Å²) in [4.78, 5) is 13.7. The van der Waals surface area contributed by atoms with E-state index in [0.717, 1.165) is 18.2 Å². The Kier molecular flexibility index (Phi) is 2.31. The van der Waals surface area contributed by atoms with Crippen LogP contribution in [0.15, 0.2) is 21.3 Å². The van der Waals surface area contributed by atoms with Gasteiger partial charge in [-0.15, -0.1) is 0 Å². The van der Waals surface area contributed by atoms with Crippen LogP contribution in [0.5, 0.6) is 0 Å². The molecule has 4 N–H and O–H groups in total. The number of aromatic nitrogens is 1. The number of hydrogen-bond acceptors (Lipinski definition) is 4. The van der Waals surface area contributed by atoms with E-state index in [1.165, 1.54) is 19.3 Å². The van der Waals surface area contributed by atoms with E-state index in [2.05, 4.69) is 10.3 Å². The molecule has 0 saturated heterocycles. The number of rotatable bonds is 4. The van der Waals surface area contributed by atoms with Crippen molar-refractivity contribution in [3.8, 4) is 0 Å². The third kappa shape index (κ3) is 2.13. The zero-order chi connectivity index (χ0) is 11.8. The van der Waals surface area contributed by atoms with E-state index in [4.69, 9.17) is 10.2 Å². The van der Waals surface area contributed by atoms with Crippen LogP contribution < -0.4 is 16.8 Å². The number of hydrogen-bond donors (Lipinski definition) is 3. The first-order chi connectivity index (χ1) is 8.22. The molecule has 0 spiro atoms. The van der Waals surface area contributed by atoms with Crippen molar-refractivity contribution in [3.63, 3.8) is 0 Å². The van der Waals surface area contributed by atoms with Crippen LogP contribution in [-0.4, -0.2) is 11.5 Å². The van der Waals surface area contributed by atoms with E-state index in [1.807, 2.05) is 6.07 Å². The van der Waals surface area contributed by atoms with Crippen LogP contribution in [0.1, 0.15) is 19.3 Å². The molecular formula is C12H15N3O2. The smallest absolute Gasteiger partial charge is 0.408 e. The molecule has 1 aliphatic carbocycles. The van der Waals surface area contributed by atoms with Crippen molar-refractivity contribution in [2.24, 2.45) is 5.92 Å². The lowest BCUT2D eigenvalue weighted by Gasteiger charge is -2.08. The summed E-state index contributed by atoms with van der Waals surface area (Å²) < 4.78 is 4.94. The van der Waals surface area contributed by atoms with Crippen molar-refractivity contribution >= 4 is 22.5 Å². The Balaban J connectivity index is 1.81. The zero-order valence-corrected chi connectivity index (χ0v) is 9.45. The quantitative estimate of drug-likeness (QED) is 0.704. The number of H-pyrrole nitrogens is 1. The number of nitrogens with two attached hydrogens (primary N) is 1. The number of anilines is 2. The van der Waals surface area contributed by atoms with E-state index in [-0.39, 0.29) is 0 Å². The van der Waals surface area contributed by atoms with Crippen LogP contribution in [0.2, 0.25) is 0 Å². The molecule has 2 aromatic rings. The van der Waals surface area contributed by atoms with Gasteiger partial charge in [0.1, 0.15) is 0 Å². The fraction of sp³-hybridized carbons (Fsp3) is 0.417. The van der Waals surface area contributed by atoms with Crippen LogP contribution in [0, 0.1) is 5.92 Å². The molecule has 0 radical (unpaired) electrons. The third-order valence-electron chi connectivity index (χ3n) is 3.16. The minimum atomic E-state index is -0.450. The van der Waals surface area contributed by atoms with Crippen LogP contribution in [0.4, 0.5) is 11.4 Å². The van der Waals surface area contributed by atoms with Crippen LogP contribution in [0.3, 0.4) is 0 Å². The van der Waals surface area contributed by atoms with Gasteiger partial charge < -0.3 is 15.5 Å². The molecule has 0 bridgehead atoms. The molecule has 5 nitrogen and oxygen atoms in total. The summed E-state index contributed by atoms with van der Waals surface area (Å²) in [6, 6.07) is 3.50. The number of fused-ring (bicyclic) bond motifs is 1. The van der Waals surface area contributed by atoms with Gasteiger partial charge in [0.05, 0.1) is 16.9 Å². The molecular weight excluding hydrogens is 218 g/mol. The highest BCUT2D eigenvalue weighted by atomic mass is 16.4. The zero-order valence-electron chi connectivity index (χ0n) is 9.45. The van der Waals surface area contributed by atoms with Gasteiger partial charge >= 0.3 is 5.76 Å². The molecule has 1 aromatic carbocycles. The number of aromatic amines is 1. The first-order valence-corrected chi connectivity index (χ1v) is 5.88. The first kappa shape index (κ1) is 10.3. The summed E-state index contributed by atoms with van der Waals surface area (Å²) in [6.45, 7) is 0.919. The highest BCUT2D eigenvalue weighted by molar-refractivity contribution is 5.85. The standard InChI is InChI=1S/C12H15N3O2/c13-8-5-11-10(15-12(16)17-11)6-9(8)14-4-3-7-1-2-7/h5-7,14H,1-4,13H2,(H,15,16). The van der Waals surface area contributed by atoms with Crippen LogP contribution >= 0.6 is 0 Å². The van der Waals surface area contributed by atoms with Gasteiger partial charge in [0.2, 0.25) is 0 Å². The maximum atomic E-state index is 11.0. The molecule has 0 unspecified atom stereocenters. The topological polar surface area (TPSA) is 84.0 Å². The van der Waals surface area contributed by atoms with Gasteiger partial charge in [0.25, 0.3) is 0 Å². The molecule has 17 heavy (non-hydrogen) atoms. The highest BCUT2D eigenvalue weighted by Crippen LogP contribution is 2.32. The summed E-state index contributed by atoms with van der Waals surface area (Å²) in [5.41, 5.74) is 8.53. The molecule has 1 fully saturated rings. The van der Waals surface area contributed by atoms with E-state index in [0.29, 0.717) is 16.8 Å². The molecule has 3 rings (SSSR count). The van der Waals surface area contributed by atoms with Crippen molar-refractivity contribution in [2.45, 2.75) is 19.3 Å². The summed E-state index contributed by atoms with van der Waals surface area (Å²) in [5.74, 6) is 0.440. The van der Waals surface area contributed by atoms with Crippen molar-refractivity contribution in [3.05, 3.63) is 22.7 Å². The normalized spacial score (nSPS) is 15.3. The molecule has 0 aliphatic heterocycles. The third-order valence-corrected chi connectivity index (χ3v) is 3.16. The molecule has 1 aliphatic rings. The van der Waals surface area contributed by atoms with Gasteiger partial charge in [-0.2, -0.15) is 0 Å². The molecule has 5 heteroatoms. The Morgan fingerprint density at radius 2 is 2.29 bits per heavy atom. The van der Waals surface area contributed by atoms with E-state index >= 15 is 0 Å². The van der Waals surface area contributed by atoms with Gasteiger partial charge in [-0.05, 0) is 18.4 Å². The number of nitrogen functional groups attached to an aromatic ring is 1. The predicted octanol–water partition coefficient (Wildman–Crippen LogP) is 1.92. The summed E-state index contributed by atoms with van der Waals surface area (Å²) >= 11 is 0. The second kappa shape index (κ2) is 3.84. The molecule has 0 atom stereocenters. The largest absolute Gasteiger partial charge is 0.417 e. The molecule has 1 saturated carbocycles.